The Labute approximate surface area is 119 Å². The van der Waals surface area contributed by atoms with Crippen LogP contribution in [0.5, 0.6) is 11.6 Å². The number of fused-ring (bicyclic) bond motifs is 1. The second kappa shape index (κ2) is 4.74. The van der Waals surface area contributed by atoms with Crippen LogP contribution >= 0.6 is 11.6 Å². The van der Waals surface area contributed by atoms with Crippen molar-refractivity contribution < 1.29 is 18.3 Å². The van der Waals surface area contributed by atoms with Gasteiger partial charge in [0, 0.05) is 11.8 Å². The lowest BCUT2D eigenvalue weighted by molar-refractivity contribution is 0.0851. The van der Waals surface area contributed by atoms with Crippen LogP contribution in [0.25, 0.3) is 10.9 Å². The van der Waals surface area contributed by atoms with Crippen LogP contribution in [0.3, 0.4) is 0 Å². The highest BCUT2D eigenvalue weighted by Gasteiger charge is 2.57. The van der Waals surface area contributed by atoms with Crippen LogP contribution in [-0.2, 0) is 0 Å². The van der Waals surface area contributed by atoms with Gasteiger partial charge in [0.1, 0.15) is 0 Å². The van der Waals surface area contributed by atoms with E-state index in [1.165, 1.54) is 7.11 Å². The van der Waals surface area contributed by atoms with Crippen LogP contribution in [0.4, 0.5) is 8.78 Å². The standard InChI is InChI=1S/C14H11ClF2NO2/c1-19-13-12(20-7-8-6-14(8,16)17)11(15)9-4-2-3-5-10(9)18-13/h3-5,8H,6-7H2,1H3. The van der Waals surface area contributed by atoms with Crippen LogP contribution in [0, 0.1) is 12.0 Å². The molecule has 1 saturated carbocycles. The van der Waals surface area contributed by atoms with Crippen molar-refractivity contribution in [2.75, 3.05) is 13.7 Å². The average molecular weight is 299 g/mol. The summed E-state index contributed by atoms with van der Waals surface area (Å²) in [5, 5.41) is 0.945. The summed E-state index contributed by atoms with van der Waals surface area (Å²) in [6, 6.07) is 8.00. The van der Waals surface area contributed by atoms with Crippen molar-refractivity contribution in [3.8, 4) is 11.6 Å². The largest absolute Gasteiger partial charge is 0.486 e. The summed E-state index contributed by atoms with van der Waals surface area (Å²) in [7, 11) is 1.43. The molecule has 0 saturated heterocycles. The molecule has 3 nitrogen and oxygen atoms in total. The molecule has 1 atom stereocenters. The lowest BCUT2D eigenvalue weighted by Gasteiger charge is -2.13. The molecule has 1 aliphatic carbocycles. The number of hydrogen-bond donors (Lipinski definition) is 0. The van der Waals surface area contributed by atoms with Gasteiger partial charge in [0.15, 0.2) is 0 Å². The van der Waals surface area contributed by atoms with Gasteiger partial charge >= 0.3 is 0 Å². The molecule has 2 aromatic rings. The van der Waals surface area contributed by atoms with Crippen LogP contribution in [0.15, 0.2) is 18.2 Å². The van der Waals surface area contributed by atoms with Gasteiger partial charge in [-0.3, -0.25) is 0 Å². The van der Waals surface area contributed by atoms with E-state index in [0.29, 0.717) is 15.9 Å². The Kier molecular flexibility index (Phi) is 3.17. The van der Waals surface area contributed by atoms with E-state index in [0.717, 1.165) is 0 Å². The second-order valence-electron chi connectivity index (χ2n) is 4.68. The lowest BCUT2D eigenvalue weighted by Crippen LogP contribution is -2.07. The second-order valence-corrected chi connectivity index (χ2v) is 5.06. The SMILES string of the molecule is COc1nc2cc[c]cc2c(Cl)c1OCC1CC1(F)F. The maximum Gasteiger partial charge on any atom is 0.258 e. The predicted octanol–water partition coefficient (Wildman–Crippen LogP) is 3.73. The van der Waals surface area contributed by atoms with Crippen molar-refractivity contribution in [3.63, 3.8) is 0 Å². The highest BCUT2D eigenvalue weighted by molar-refractivity contribution is 6.37. The van der Waals surface area contributed by atoms with Gasteiger partial charge < -0.3 is 9.47 Å². The maximum atomic E-state index is 12.9. The van der Waals surface area contributed by atoms with E-state index in [4.69, 9.17) is 21.1 Å². The smallest absolute Gasteiger partial charge is 0.258 e. The Morgan fingerprint density at radius 1 is 1.55 bits per heavy atom. The molecule has 1 fully saturated rings. The van der Waals surface area contributed by atoms with E-state index >= 15 is 0 Å². The van der Waals surface area contributed by atoms with Crippen molar-refractivity contribution in [2.45, 2.75) is 12.3 Å². The van der Waals surface area contributed by atoms with Crippen molar-refractivity contribution in [2.24, 2.45) is 5.92 Å². The number of benzene rings is 1. The Hall–Kier alpha value is -1.62. The molecule has 1 aromatic heterocycles. The van der Waals surface area contributed by atoms with Gasteiger partial charge in [0.25, 0.3) is 11.8 Å². The van der Waals surface area contributed by atoms with Gasteiger partial charge in [-0.1, -0.05) is 17.7 Å². The highest BCUT2D eigenvalue weighted by atomic mass is 35.5. The quantitative estimate of drug-likeness (QED) is 0.862. The number of halogens is 3. The first kappa shape index (κ1) is 13.4. The van der Waals surface area contributed by atoms with Gasteiger partial charge in [-0.25, -0.2) is 13.8 Å². The summed E-state index contributed by atoms with van der Waals surface area (Å²) in [4.78, 5) is 4.25. The number of aromatic nitrogens is 1. The van der Waals surface area contributed by atoms with Crippen LogP contribution in [0.2, 0.25) is 5.02 Å². The molecule has 1 unspecified atom stereocenters. The molecular formula is C14H11ClF2NO2. The number of alkyl halides is 2. The fourth-order valence-electron chi connectivity index (χ4n) is 1.97. The molecule has 0 amide bonds. The van der Waals surface area contributed by atoms with Gasteiger partial charge in [-0.05, 0) is 18.2 Å². The van der Waals surface area contributed by atoms with Crippen molar-refractivity contribution >= 4 is 22.5 Å². The fourth-order valence-corrected chi connectivity index (χ4v) is 2.26. The first-order valence-electron chi connectivity index (χ1n) is 6.07. The third-order valence-electron chi connectivity index (χ3n) is 3.27. The molecule has 105 valence electrons. The number of ether oxygens (including phenoxy) is 2. The number of pyridine rings is 1. The van der Waals surface area contributed by atoms with Gasteiger partial charge in [0.05, 0.1) is 30.2 Å². The van der Waals surface area contributed by atoms with E-state index < -0.39 is 11.8 Å². The molecular weight excluding hydrogens is 288 g/mol. The summed E-state index contributed by atoms with van der Waals surface area (Å²) >= 11 is 6.25. The van der Waals surface area contributed by atoms with Crippen molar-refractivity contribution in [1.29, 1.82) is 0 Å². The summed E-state index contributed by atoms with van der Waals surface area (Å²) in [6.45, 7) is -0.104. The molecule has 1 radical (unpaired) electrons. The van der Waals surface area contributed by atoms with E-state index in [9.17, 15) is 8.78 Å². The Bertz CT molecular complexity index is 663. The molecule has 6 heteroatoms. The Balaban J connectivity index is 1.94. The zero-order valence-corrected chi connectivity index (χ0v) is 11.4. The first-order valence-corrected chi connectivity index (χ1v) is 6.44. The molecule has 3 rings (SSSR count). The van der Waals surface area contributed by atoms with Crippen LogP contribution in [-0.4, -0.2) is 24.6 Å². The van der Waals surface area contributed by atoms with Crippen molar-refractivity contribution in [1.82, 2.24) is 4.98 Å². The Morgan fingerprint density at radius 3 is 2.95 bits per heavy atom. The lowest BCUT2D eigenvalue weighted by atomic mass is 10.2. The molecule has 0 spiro atoms. The zero-order chi connectivity index (χ0) is 14.3. The number of methoxy groups -OCH3 is 1. The third-order valence-corrected chi connectivity index (χ3v) is 3.65. The monoisotopic (exact) mass is 298 g/mol. The molecule has 1 heterocycles. The summed E-state index contributed by atoms with van der Waals surface area (Å²) in [5.41, 5.74) is 0.634. The topological polar surface area (TPSA) is 31.4 Å². The maximum absolute atomic E-state index is 12.9. The minimum Gasteiger partial charge on any atom is -0.486 e. The first-order chi connectivity index (χ1) is 9.53. The fraction of sp³-hybridized carbons (Fsp3) is 0.357. The van der Waals surface area contributed by atoms with E-state index in [-0.39, 0.29) is 24.7 Å². The summed E-state index contributed by atoms with van der Waals surface area (Å²) in [6.07, 6.45) is -0.151. The predicted molar refractivity (Wildman–Crippen MR) is 70.7 cm³/mol. The number of rotatable bonds is 4. The molecule has 20 heavy (non-hydrogen) atoms. The van der Waals surface area contributed by atoms with Crippen LogP contribution < -0.4 is 9.47 Å². The minimum atomic E-state index is -2.63. The van der Waals surface area contributed by atoms with Gasteiger partial charge in [-0.15, -0.1) is 0 Å². The Morgan fingerprint density at radius 2 is 2.30 bits per heavy atom. The molecule has 0 N–H and O–H groups in total. The summed E-state index contributed by atoms with van der Waals surface area (Å²) in [5.74, 6) is -3.00. The van der Waals surface area contributed by atoms with E-state index in [1.807, 2.05) is 0 Å². The number of nitrogens with zero attached hydrogens (tertiary/aromatic N) is 1. The normalized spacial score (nSPS) is 19.9. The molecule has 1 aromatic carbocycles. The average Bonchev–Trinajstić information content (AvgIpc) is 3.05. The number of hydrogen-bond acceptors (Lipinski definition) is 3. The third kappa shape index (κ3) is 2.26. The van der Waals surface area contributed by atoms with Gasteiger partial charge in [-0.2, -0.15) is 0 Å². The molecule has 0 aliphatic heterocycles. The highest BCUT2D eigenvalue weighted by Crippen LogP contribution is 2.49. The van der Waals surface area contributed by atoms with E-state index in [2.05, 4.69) is 11.1 Å². The van der Waals surface area contributed by atoms with Gasteiger partial charge in [0.2, 0.25) is 5.75 Å². The minimum absolute atomic E-state index is 0.104. The van der Waals surface area contributed by atoms with Crippen LogP contribution in [0.1, 0.15) is 6.42 Å². The summed E-state index contributed by atoms with van der Waals surface area (Å²) < 4.78 is 36.3. The zero-order valence-electron chi connectivity index (χ0n) is 10.6. The molecule has 0 bridgehead atoms. The molecule has 1 aliphatic rings. The van der Waals surface area contributed by atoms with Crippen molar-refractivity contribution in [3.05, 3.63) is 29.3 Å². The van der Waals surface area contributed by atoms with E-state index in [1.54, 1.807) is 18.2 Å².